The monoisotopic (exact) mass is 439 g/mol. The quantitative estimate of drug-likeness (QED) is 0.534. The molecule has 1 aliphatic rings. The highest BCUT2D eigenvalue weighted by molar-refractivity contribution is 5.89. The normalized spacial score (nSPS) is 18.0. The molecule has 0 bridgehead atoms. The maximum Gasteiger partial charge on any atom is 0.338 e. The molecule has 0 spiro atoms. The predicted molar refractivity (Wildman–Crippen MR) is 115 cm³/mol. The minimum absolute atomic E-state index is 0.225. The number of esters is 1. The zero-order valence-corrected chi connectivity index (χ0v) is 17.6. The average Bonchev–Trinajstić information content (AvgIpc) is 3.26. The Morgan fingerprint density at radius 3 is 2.53 bits per heavy atom. The Hall–Kier alpha value is -3.32. The lowest BCUT2D eigenvalue weighted by molar-refractivity contribution is 0.0327. The highest BCUT2D eigenvalue weighted by Gasteiger charge is 2.41. The lowest BCUT2D eigenvalue weighted by atomic mass is 9.84. The summed E-state index contributed by atoms with van der Waals surface area (Å²) in [7, 11) is 0. The molecule has 1 aliphatic heterocycles. The first-order chi connectivity index (χ1) is 15.4. The molecule has 0 amide bonds. The molecule has 2 heterocycles. The number of hydrogen-bond donors (Lipinski definition) is 0. The van der Waals surface area contributed by atoms with E-state index in [0.717, 1.165) is 11.6 Å². The summed E-state index contributed by atoms with van der Waals surface area (Å²) >= 11 is 0. The number of pyridine rings is 1. The van der Waals surface area contributed by atoms with E-state index in [1.165, 1.54) is 22.8 Å². The molecule has 166 valence electrons. The van der Waals surface area contributed by atoms with Gasteiger partial charge in [0.15, 0.2) is 0 Å². The van der Waals surface area contributed by atoms with E-state index < -0.39 is 23.2 Å². The first-order valence-corrected chi connectivity index (χ1v) is 10.5. The number of hydrogen-bond acceptors (Lipinski definition) is 4. The molecule has 3 aromatic rings. The minimum Gasteiger partial charge on any atom is -0.462 e. The second-order valence-electron chi connectivity index (χ2n) is 7.70. The summed E-state index contributed by atoms with van der Waals surface area (Å²) in [5.41, 5.74) is 0.665. The molecule has 4 rings (SSSR count). The Kier molecular flexibility index (Phi) is 6.19. The van der Waals surface area contributed by atoms with E-state index in [2.05, 4.69) is 0 Å². The van der Waals surface area contributed by atoms with Crippen LogP contribution in [0.4, 0.5) is 8.78 Å². The van der Waals surface area contributed by atoms with Crippen LogP contribution >= 0.6 is 0 Å². The van der Waals surface area contributed by atoms with Crippen molar-refractivity contribution in [2.24, 2.45) is 0 Å². The Morgan fingerprint density at radius 1 is 1.12 bits per heavy atom. The van der Waals surface area contributed by atoms with Crippen molar-refractivity contribution in [3.8, 4) is 0 Å². The number of benzene rings is 2. The summed E-state index contributed by atoms with van der Waals surface area (Å²) in [6.45, 7) is 2.77. The van der Waals surface area contributed by atoms with Crippen molar-refractivity contribution in [2.75, 3.05) is 13.2 Å². The molecule has 7 heteroatoms. The molecule has 0 N–H and O–H groups in total. The van der Waals surface area contributed by atoms with Crippen LogP contribution in [0.15, 0.2) is 65.6 Å². The van der Waals surface area contributed by atoms with Crippen LogP contribution in [0.3, 0.4) is 0 Å². The van der Waals surface area contributed by atoms with Gasteiger partial charge >= 0.3 is 5.97 Å². The fraction of sp³-hybridized carbons (Fsp3) is 0.280. The number of carbonyl (C=O) groups excluding carboxylic acids is 1. The van der Waals surface area contributed by atoms with Gasteiger partial charge < -0.3 is 14.0 Å². The first-order valence-electron chi connectivity index (χ1n) is 10.5. The molecule has 2 aromatic carbocycles. The number of ether oxygens (including phenoxy) is 2. The highest BCUT2D eigenvalue weighted by Crippen LogP contribution is 2.42. The smallest absolute Gasteiger partial charge is 0.338 e. The van der Waals surface area contributed by atoms with Gasteiger partial charge in [-0.25, -0.2) is 13.6 Å². The van der Waals surface area contributed by atoms with Crippen molar-refractivity contribution in [2.45, 2.75) is 31.9 Å². The van der Waals surface area contributed by atoms with E-state index in [1.54, 1.807) is 43.5 Å². The fourth-order valence-corrected chi connectivity index (χ4v) is 4.10. The molecule has 0 saturated carbocycles. The summed E-state index contributed by atoms with van der Waals surface area (Å²) in [6.07, 6.45) is 2.84. The van der Waals surface area contributed by atoms with Crippen LogP contribution in [-0.4, -0.2) is 23.8 Å². The molecule has 1 aromatic heterocycles. The van der Waals surface area contributed by atoms with Crippen molar-refractivity contribution >= 4 is 5.97 Å². The number of aromatic nitrogens is 1. The zero-order valence-electron chi connectivity index (χ0n) is 17.6. The summed E-state index contributed by atoms with van der Waals surface area (Å²) < 4.78 is 40.5. The molecule has 0 radical (unpaired) electrons. The van der Waals surface area contributed by atoms with Gasteiger partial charge in [0.1, 0.15) is 17.2 Å². The molecular formula is C25H23F2NO4. The molecule has 32 heavy (non-hydrogen) atoms. The van der Waals surface area contributed by atoms with Crippen LogP contribution < -0.4 is 5.56 Å². The minimum atomic E-state index is -1.11. The van der Waals surface area contributed by atoms with E-state index in [0.29, 0.717) is 43.7 Å². The molecule has 1 atom stereocenters. The standard InChI is InChI=1S/C25H23F2NO4/c1-2-31-24(30)18-6-4-17(5-7-18)16-28-12-10-19(14-23(28)29)25(11-3-13-32-25)21-9-8-20(26)15-22(21)27/h4-10,12,14-15H,2-3,11,13,16H2,1H3. The molecule has 1 saturated heterocycles. The van der Waals surface area contributed by atoms with Gasteiger partial charge in [0, 0.05) is 30.5 Å². The molecule has 5 nitrogen and oxygen atoms in total. The van der Waals surface area contributed by atoms with E-state index in [-0.39, 0.29) is 11.1 Å². The van der Waals surface area contributed by atoms with Crippen LogP contribution in [0.25, 0.3) is 0 Å². The van der Waals surface area contributed by atoms with Gasteiger partial charge in [0.2, 0.25) is 0 Å². The number of halogens is 2. The van der Waals surface area contributed by atoms with Crippen LogP contribution in [-0.2, 0) is 21.6 Å². The maximum absolute atomic E-state index is 14.6. The van der Waals surface area contributed by atoms with E-state index >= 15 is 0 Å². The average molecular weight is 439 g/mol. The molecule has 1 fully saturated rings. The third-order valence-electron chi connectivity index (χ3n) is 5.67. The number of nitrogens with zero attached hydrogens (tertiary/aromatic N) is 1. The lowest BCUT2D eigenvalue weighted by Crippen LogP contribution is -2.31. The van der Waals surface area contributed by atoms with Crippen LogP contribution in [0.5, 0.6) is 0 Å². The van der Waals surface area contributed by atoms with Crippen LogP contribution in [0, 0.1) is 11.6 Å². The summed E-state index contributed by atoms with van der Waals surface area (Å²) in [5.74, 6) is -1.75. The van der Waals surface area contributed by atoms with Gasteiger partial charge in [-0.2, -0.15) is 0 Å². The Morgan fingerprint density at radius 2 is 1.91 bits per heavy atom. The first kappa shape index (κ1) is 21.9. The number of rotatable bonds is 6. The topological polar surface area (TPSA) is 57.5 Å². The molecule has 0 aliphatic carbocycles. The van der Waals surface area contributed by atoms with Crippen LogP contribution in [0.1, 0.15) is 46.8 Å². The van der Waals surface area contributed by atoms with Gasteiger partial charge in [0.05, 0.1) is 18.7 Å². The second kappa shape index (κ2) is 9.04. The zero-order chi connectivity index (χ0) is 22.7. The summed E-state index contributed by atoms with van der Waals surface area (Å²) in [4.78, 5) is 24.6. The van der Waals surface area contributed by atoms with Gasteiger partial charge in [-0.1, -0.05) is 12.1 Å². The van der Waals surface area contributed by atoms with Crippen molar-refractivity contribution < 1.29 is 23.0 Å². The summed E-state index contributed by atoms with van der Waals surface area (Å²) in [6, 6.07) is 13.4. The second-order valence-corrected chi connectivity index (χ2v) is 7.70. The highest BCUT2D eigenvalue weighted by atomic mass is 19.1. The third-order valence-corrected chi connectivity index (χ3v) is 5.67. The molecular weight excluding hydrogens is 416 g/mol. The van der Waals surface area contributed by atoms with Gasteiger partial charge in [-0.05, 0) is 61.2 Å². The van der Waals surface area contributed by atoms with Gasteiger partial charge in [0.25, 0.3) is 5.56 Å². The number of carbonyl (C=O) groups is 1. The third kappa shape index (κ3) is 4.21. The van der Waals surface area contributed by atoms with Crippen molar-refractivity contribution in [3.63, 3.8) is 0 Å². The van der Waals surface area contributed by atoms with Crippen molar-refractivity contribution in [1.82, 2.24) is 4.57 Å². The lowest BCUT2D eigenvalue weighted by Gasteiger charge is -2.30. The van der Waals surface area contributed by atoms with E-state index in [9.17, 15) is 18.4 Å². The Bertz CT molecular complexity index is 1180. The Balaban J connectivity index is 1.61. The SMILES string of the molecule is CCOC(=O)c1ccc(Cn2ccc(C3(c4ccc(F)cc4F)CCCO3)cc2=O)cc1. The van der Waals surface area contributed by atoms with Gasteiger partial charge in [-0.15, -0.1) is 0 Å². The summed E-state index contributed by atoms with van der Waals surface area (Å²) in [5, 5.41) is 0. The predicted octanol–water partition coefficient (Wildman–Crippen LogP) is 4.41. The largest absolute Gasteiger partial charge is 0.462 e. The van der Waals surface area contributed by atoms with Crippen molar-refractivity contribution in [1.29, 1.82) is 0 Å². The van der Waals surface area contributed by atoms with Crippen molar-refractivity contribution in [3.05, 3.63) is 105 Å². The van der Waals surface area contributed by atoms with E-state index in [1.807, 2.05) is 0 Å². The fourth-order valence-electron chi connectivity index (χ4n) is 4.10. The molecule has 1 unspecified atom stereocenters. The van der Waals surface area contributed by atoms with E-state index in [4.69, 9.17) is 9.47 Å². The Labute approximate surface area is 184 Å². The van der Waals surface area contributed by atoms with Crippen LogP contribution in [0.2, 0.25) is 0 Å². The van der Waals surface area contributed by atoms with Gasteiger partial charge in [-0.3, -0.25) is 4.79 Å². The maximum atomic E-state index is 14.6.